The summed E-state index contributed by atoms with van der Waals surface area (Å²) in [4.78, 5) is 26.9. The minimum Gasteiger partial charge on any atom is -0.436 e. The Labute approximate surface area is 175 Å². The minimum atomic E-state index is -0.713. The third-order valence-electron chi connectivity index (χ3n) is 4.53. The second-order valence-corrected chi connectivity index (χ2v) is 7.35. The number of nitro groups is 1. The van der Waals surface area contributed by atoms with Gasteiger partial charge in [0.15, 0.2) is 11.3 Å². The smallest absolute Gasteiger partial charge is 0.433 e. The summed E-state index contributed by atoms with van der Waals surface area (Å²) >= 11 is 6.33. The zero-order valence-corrected chi connectivity index (χ0v) is 16.8. The van der Waals surface area contributed by atoms with Gasteiger partial charge in [0, 0.05) is 5.69 Å². The van der Waals surface area contributed by atoms with E-state index in [0.29, 0.717) is 39.2 Å². The van der Waals surface area contributed by atoms with Crippen LogP contribution < -0.4 is 5.32 Å². The molecule has 2 heterocycles. The van der Waals surface area contributed by atoms with Crippen LogP contribution in [-0.2, 0) is 0 Å². The minimum absolute atomic E-state index is 0.179. The van der Waals surface area contributed by atoms with Crippen LogP contribution in [0.4, 0.5) is 11.6 Å². The van der Waals surface area contributed by atoms with Crippen LogP contribution in [-0.4, -0.2) is 15.8 Å². The number of nitrogens with zero attached hydrogens (tertiary/aromatic N) is 2. The topological polar surface area (TPSA) is 111 Å². The summed E-state index contributed by atoms with van der Waals surface area (Å²) in [6, 6.07) is 13.0. The second kappa shape index (κ2) is 7.64. The third kappa shape index (κ3) is 3.77. The van der Waals surface area contributed by atoms with E-state index in [9.17, 15) is 14.9 Å². The molecule has 2 aromatic carbocycles. The Balaban J connectivity index is 1.63. The number of furan rings is 1. The van der Waals surface area contributed by atoms with Gasteiger partial charge in [-0.1, -0.05) is 31.5 Å². The Morgan fingerprint density at radius 3 is 2.63 bits per heavy atom. The maximum atomic E-state index is 12.3. The first-order valence-electron chi connectivity index (χ1n) is 9.08. The number of carbonyl (C=O) groups is 1. The van der Waals surface area contributed by atoms with E-state index in [1.807, 2.05) is 18.2 Å². The van der Waals surface area contributed by atoms with E-state index in [-0.39, 0.29) is 5.76 Å². The molecule has 0 aliphatic carbocycles. The average Bonchev–Trinajstić information content (AvgIpc) is 3.36. The summed E-state index contributed by atoms with van der Waals surface area (Å²) in [5.41, 5.74) is 3.39. The van der Waals surface area contributed by atoms with Crippen molar-refractivity contribution in [2.24, 2.45) is 0 Å². The first-order chi connectivity index (χ1) is 14.3. The lowest BCUT2D eigenvalue weighted by molar-refractivity contribution is -0.402. The van der Waals surface area contributed by atoms with Crippen molar-refractivity contribution >= 4 is 40.2 Å². The number of oxazole rings is 1. The Hall–Kier alpha value is -3.65. The van der Waals surface area contributed by atoms with Gasteiger partial charge in [-0.25, -0.2) is 4.98 Å². The summed E-state index contributed by atoms with van der Waals surface area (Å²) < 4.78 is 10.8. The van der Waals surface area contributed by atoms with Crippen molar-refractivity contribution in [2.75, 3.05) is 5.32 Å². The number of fused-ring (bicyclic) bond motifs is 1. The highest BCUT2D eigenvalue weighted by Crippen LogP contribution is 2.33. The average molecular weight is 426 g/mol. The fraction of sp³-hybridized carbons (Fsp3) is 0.143. The van der Waals surface area contributed by atoms with Crippen LogP contribution in [0.5, 0.6) is 0 Å². The summed E-state index contributed by atoms with van der Waals surface area (Å²) in [7, 11) is 0. The van der Waals surface area contributed by atoms with Gasteiger partial charge in [0.05, 0.1) is 16.7 Å². The van der Waals surface area contributed by atoms with Gasteiger partial charge in [0.25, 0.3) is 5.91 Å². The number of anilines is 1. The Morgan fingerprint density at radius 1 is 1.13 bits per heavy atom. The number of carbonyl (C=O) groups excluding carboxylic acids is 1. The molecule has 4 rings (SSSR count). The quantitative estimate of drug-likeness (QED) is 0.309. The Kier molecular flexibility index (Phi) is 5.01. The summed E-state index contributed by atoms with van der Waals surface area (Å²) in [5.74, 6) is -0.643. The van der Waals surface area contributed by atoms with Gasteiger partial charge in [-0.15, -0.1) is 0 Å². The van der Waals surface area contributed by atoms with E-state index in [4.69, 9.17) is 20.4 Å². The lowest BCUT2D eigenvalue weighted by Crippen LogP contribution is -2.10. The summed E-state index contributed by atoms with van der Waals surface area (Å²) in [6.07, 6.45) is 0. The molecule has 0 atom stereocenters. The van der Waals surface area contributed by atoms with Crippen molar-refractivity contribution in [1.82, 2.24) is 4.98 Å². The van der Waals surface area contributed by atoms with Gasteiger partial charge >= 0.3 is 5.88 Å². The number of nitrogens with one attached hydrogen (secondary N) is 1. The Morgan fingerprint density at radius 2 is 1.93 bits per heavy atom. The van der Waals surface area contributed by atoms with Crippen LogP contribution in [0.2, 0.25) is 5.02 Å². The van der Waals surface area contributed by atoms with Crippen molar-refractivity contribution in [3.05, 3.63) is 75.0 Å². The molecule has 2 aromatic heterocycles. The number of rotatable bonds is 5. The van der Waals surface area contributed by atoms with Crippen LogP contribution in [0.1, 0.15) is 35.9 Å². The number of halogens is 1. The molecule has 30 heavy (non-hydrogen) atoms. The molecule has 0 fully saturated rings. The molecule has 0 unspecified atom stereocenters. The standard InChI is InChI=1S/C21H16ClN3O5/c1-11(2)12-3-6-17-16(9-12)24-21(30-17)14-10-13(4-5-15(14)22)23-20(26)18-7-8-19(29-18)25(27)28/h3-11H,1-2H3,(H,23,26). The molecule has 9 heteroatoms. The van der Waals surface area contributed by atoms with Gasteiger partial charge in [-0.05, 0) is 47.9 Å². The number of hydrogen-bond acceptors (Lipinski definition) is 6. The van der Waals surface area contributed by atoms with Gasteiger partial charge in [0.1, 0.15) is 10.4 Å². The monoisotopic (exact) mass is 425 g/mol. The molecule has 0 saturated heterocycles. The summed E-state index contributed by atoms with van der Waals surface area (Å²) in [5, 5.41) is 13.7. The molecule has 0 aliphatic heterocycles. The number of amides is 1. The first-order valence-corrected chi connectivity index (χ1v) is 9.45. The van der Waals surface area contributed by atoms with Crippen LogP contribution in [0.25, 0.3) is 22.6 Å². The van der Waals surface area contributed by atoms with Crippen molar-refractivity contribution in [3.63, 3.8) is 0 Å². The largest absolute Gasteiger partial charge is 0.436 e. The van der Waals surface area contributed by atoms with Crippen LogP contribution >= 0.6 is 11.6 Å². The molecule has 1 N–H and O–H groups in total. The maximum Gasteiger partial charge on any atom is 0.433 e. The molecular formula is C21H16ClN3O5. The molecule has 0 aliphatic rings. The van der Waals surface area contributed by atoms with Crippen molar-refractivity contribution in [3.8, 4) is 11.5 Å². The van der Waals surface area contributed by atoms with Gasteiger partial charge in [0.2, 0.25) is 5.89 Å². The van der Waals surface area contributed by atoms with E-state index < -0.39 is 16.7 Å². The van der Waals surface area contributed by atoms with E-state index in [1.54, 1.807) is 18.2 Å². The van der Waals surface area contributed by atoms with Crippen molar-refractivity contribution in [1.29, 1.82) is 0 Å². The predicted octanol–water partition coefficient (Wildman–Crippen LogP) is 6.03. The van der Waals surface area contributed by atoms with Gasteiger partial charge in [-0.3, -0.25) is 14.9 Å². The number of benzene rings is 2. The molecule has 152 valence electrons. The van der Waals surface area contributed by atoms with E-state index in [1.165, 1.54) is 6.07 Å². The highest BCUT2D eigenvalue weighted by atomic mass is 35.5. The predicted molar refractivity (Wildman–Crippen MR) is 112 cm³/mol. The zero-order valence-electron chi connectivity index (χ0n) is 16.0. The molecule has 0 spiro atoms. The normalized spacial score (nSPS) is 11.2. The molecule has 0 saturated carbocycles. The zero-order chi connectivity index (χ0) is 21.4. The van der Waals surface area contributed by atoms with E-state index in [0.717, 1.165) is 11.6 Å². The Bertz CT molecular complexity index is 1270. The molecular weight excluding hydrogens is 410 g/mol. The van der Waals surface area contributed by atoms with E-state index >= 15 is 0 Å². The van der Waals surface area contributed by atoms with Crippen LogP contribution in [0, 0.1) is 10.1 Å². The fourth-order valence-corrected chi connectivity index (χ4v) is 3.12. The van der Waals surface area contributed by atoms with Crippen LogP contribution in [0.15, 0.2) is 57.4 Å². The molecule has 0 bridgehead atoms. The molecule has 0 radical (unpaired) electrons. The highest BCUT2D eigenvalue weighted by Gasteiger charge is 2.19. The maximum absolute atomic E-state index is 12.3. The fourth-order valence-electron chi connectivity index (χ4n) is 2.93. The lowest BCUT2D eigenvalue weighted by atomic mass is 10.0. The first kappa shape index (κ1) is 19.7. The summed E-state index contributed by atoms with van der Waals surface area (Å²) in [6.45, 7) is 4.19. The third-order valence-corrected chi connectivity index (χ3v) is 4.86. The molecule has 4 aromatic rings. The SMILES string of the molecule is CC(C)c1ccc2oc(-c3cc(NC(=O)c4ccc([N+](=O)[O-])o4)ccc3Cl)nc2c1. The van der Waals surface area contributed by atoms with E-state index in [2.05, 4.69) is 24.1 Å². The number of aromatic nitrogens is 1. The highest BCUT2D eigenvalue weighted by molar-refractivity contribution is 6.33. The molecule has 1 amide bonds. The van der Waals surface area contributed by atoms with Gasteiger partial charge in [-0.2, -0.15) is 0 Å². The lowest BCUT2D eigenvalue weighted by Gasteiger charge is -2.06. The van der Waals surface area contributed by atoms with Crippen LogP contribution in [0.3, 0.4) is 0 Å². The second-order valence-electron chi connectivity index (χ2n) is 6.94. The molecule has 8 nitrogen and oxygen atoms in total. The number of hydrogen-bond donors (Lipinski definition) is 1. The van der Waals surface area contributed by atoms with Crippen molar-refractivity contribution in [2.45, 2.75) is 19.8 Å². The van der Waals surface area contributed by atoms with Gasteiger partial charge < -0.3 is 14.2 Å². The van der Waals surface area contributed by atoms with Crippen molar-refractivity contribution < 1.29 is 18.6 Å².